The minimum Gasteiger partial charge on any atom is -0.326 e. The smallest absolute Gasteiger partial charge is 0.228 e. The third-order valence-corrected chi connectivity index (χ3v) is 6.49. The van der Waals surface area contributed by atoms with E-state index in [1.165, 1.54) is 0 Å². The van der Waals surface area contributed by atoms with Gasteiger partial charge in [0, 0.05) is 34.3 Å². The Morgan fingerprint density at radius 1 is 0.667 bits per heavy atom. The highest BCUT2D eigenvalue weighted by Crippen LogP contribution is 2.52. The highest BCUT2D eigenvalue weighted by atomic mass is 16.2. The Bertz CT molecular complexity index is 922. The minimum atomic E-state index is -0.0996. The van der Waals surface area contributed by atoms with Crippen molar-refractivity contribution in [3.63, 3.8) is 0 Å². The van der Waals surface area contributed by atoms with E-state index in [2.05, 4.69) is 38.3 Å². The maximum atomic E-state index is 12.7. The topological polar surface area (TPSA) is 75.3 Å². The molecule has 2 fully saturated rings. The molecule has 0 aromatic heterocycles. The molecular weight excluding hydrogens is 376 g/mol. The second-order valence-electron chi connectivity index (χ2n) is 9.95. The molecule has 2 saturated carbocycles. The molecule has 0 unspecified atom stereocenters. The van der Waals surface area contributed by atoms with Crippen molar-refractivity contribution in [1.82, 2.24) is 0 Å². The lowest BCUT2D eigenvalue weighted by atomic mass is 10.0. The number of ketones is 1. The van der Waals surface area contributed by atoms with E-state index in [0.717, 1.165) is 12.8 Å². The average Bonchev–Trinajstić information content (AvgIpc) is 3.55. The van der Waals surface area contributed by atoms with Gasteiger partial charge in [-0.3, -0.25) is 14.4 Å². The first-order valence-electron chi connectivity index (χ1n) is 10.4. The predicted molar refractivity (Wildman–Crippen MR) is 117 cm³/mol. The molecule has 156 valence electrons. The van der Waals surface area contributed by atoms with Gasteiger partial charge in [-0.1, -0.05) is 27.7 Å². The second kappa shape index (κ2) is 7.08. The summed E-state index contributed by atoms with van der Waals surface area (Å²) >= 11 is 0. The van der Waals surface area contributed by atoms with Gasteiger partial charge >= 0.3 is 0 Å². The van der Waals surface area contributed by atoms with Crippen molar-refractivity contribution in [1.29, 1.82) is 0 Å². The summed E-state index contributed by atoms with van der Waals surface area (Å²) in [6.45, 7) is 8.34. The van der Waals surface area contributed by atoms with Gasteiger partial charge in [0.2, 0.25) is 11.8 Å². The van der Waals surface area contributed by atoms with Crippen LogP contribution in [0.3, 0.4) is 0 Å². The molecule has 0 spiro atoms. The Morgan fingerprint density at radius 3 is 1.23 bits per heavy atom. The summed E-state index contributed by atoms with van der Waals surface area (Å²) in [6, 6.07) is 13.9. The fourth-order valence-corrected chi connectivity index (χ4v) is 3.86. The molecule has 0 aliphatic heterocycles. The summed E-state index contributed by atoms with van der Waals surface area (Å²) < 4.78 is 0. The van der Waals surface area contributed by atoms with E-state index in [1.54, 1.807) is 48.5 Å². The van der Waals surface area contributed by atoms with Crippen LogP contribution in [0, 0.1) is 22.7 Å². The highest BCUT2D eigenvalue weighted by molar-refractivity contribution is 6.09. The standard InChI is InChI=1S/C25H28N2O3/c1-24(2)13-19(24)22(29)26-17-9-5-15(6-10-17)21(28)16-7-11-18(12-8-16)27-23(30)20-14-25(20,3)4/h5-12,19-20H,13-14H2,1-4H3,(H,26,29)(H,27,30)/t19-,20-/m1/s1. The van der Waals surface area contributed by atoms with Crippen molar-refractivity contribution in [3.05, 3.63) is 59.7 Å². The summed E-state index contributed by atoms with van der Waals surface area (Å²) in [5.41, 5.74) is 2.66. The van der Waals surface area contributed by atoms with Crippen LogP contribution >= 0.6 is 0 Å². The molecule has 0 saturated heterocycles. The SMILES string of the molecule is CC1(C)C[C@@H]1C(=O)Nc1ccc(C(=O)c2ccc(NC(=O)[C@H]3CC3(C)C)cc2)cc1. The first kappa shape index (κ1) is 20.3. The molecule has 2 amide bonds. The number of carbonyl (C=O) groups excluding carboxylic acids is 3. The average molecular weight is 405 g/mol. The van der Waals surface area contributed by atoms with E-state index in [0.29, 0.717) is 22.5 Å². The van der Waals surface area contributed by atoms with Gasteiger partial charge in [-0.2, -0.15) is 0 Å². The molecule has 0 heterocycles. The molecule has 2 aliphatic rings. The molecule has 2 aromatic carbocycles. The van der Waals surface area contributed by atoms with E-state index in [-0.39, 0.29) is 40.3 Å². The van der Waals surface area contributed by atoms with Crippen molar-refractivity contribution >= 4 is 29.0 Å². The molecule has 30 heavy (non-hydrogen) atoms. The number of nitrogens with one attached hydrogen (secondary N) is 2. The van der Waals surface area contributed by atoms with Crippen LogP contribution in [0.2, 0.25) is 0 Å². The lowest BCUT2D eigenvalue weighted by molar-refractivity contribution is -0.118. The van der Waals surface area contributed by atoms with Gasteiger partial charge in [0.1, 0.15) is 0 Å². The van der Waals surface area contributed by atoms with Crippen LogP contribution in [0.1, 0.15) is 56.5 Å². The maximum absolute atomic E-state index is 12.7. The van der Waals surface area contributed by atoms with E-state index in [4.69, 9.17) is 0 Å². The van der Waals surface area contributed by atoms with Gasteiger partial charge in [0.15, 0.2) is 5.78 Å². The molecular formula is C25H28N2O3. The van der Waals surface area contributed by atoms with Crippen molar-refractivity contribution in [2.45, 2.75) is 40.5 Å². The lowest BCUT2D eigenvalue weighted by Crippen LogP contribution is -2.16. The van der Waals surface area contributed by atoms with Gasteiger partial charge in [-0.25, -0.2) is 0 Å². The first-order chi connectivity index (χ1) is 14.1. The van der Waals surface area contributed by atoms with Crippen molar-refractivity contribution in [2.75, 3.05) is 10.6 Å². The Balaban J connectivity index is 1.36. The number of hydrogen-bond donors (Lipinski definition) is 2. The summed E-state index contributed by atoms with van der Waals surface area (Å²) in [4.78, 5) is 37.2. The van der Waals surface area contributed by atoms with Crippen molar-refractivity contribution < 1.29 is 14.4 Å². The van der Waals surface area contributed by atoms with Crippen LogP contribution in [0.25, 0.3) is 0 Å². The molecule has 2 atom stereocenters. The van der Waals surface area contributed by atoms with E-state index in [9.17, 15) is 14.4 Å². The van der Waals surface area contributed by atoms with Gasteiger partial charge in [0.05, 0.1) is 0 Å². The van der Waals surface area contributed by atoms with Crippen molar-refractivity contribution in [3.8, 4) is 0 Å². The Morgan fingerprint density at radius 2 is 0.967 bits per heavy atom. The minimum absolute atomic E-state index is 0.0336. The third kappa shape index (κ3) is 4.16. The van der Waals surface area contributed by atoms with Crippen LogP contribution in [0.5, 0.6) is 0 Å². The number of amides is 2. The molecule has 2 aliphatic carbocycles. The van der Waals surface area contributed by atoms with Crippen LogP contribution < -0.4 is 10.6 Å². The zero-order valence-electron chi connectivity index (χ0n) is 17.9. The van der Waals surface area contributed by atoms with E-state index >= 15 is 0 Å². The highest BCUT2D eigenvalue weighted by Gasteiger charge is 2.51. The normalized spacial score (nSPS) is 22.7. The number of hydrogen-bond acceptors (Lipinski definition) is 3. The fourth-order valence-electron chi connectivity index (χ4n) is 3.86. The fraction of sp³-hybridized carbons (Fsp3) is 0.400. The molecule has 0 bridgehead atoms. The summed E-state index contributed by atoms with van der Waals surface area (Å²) in [6.07, 6.45) is 1.81. The summed E-state index contributed by atoms with van der Waals surface area (Å²) in [7, 11) is 0. The molecule has 4 rings (SSSR count). The maximum Gasteiger partial charge on any atom is 0.228 e. The number of carbonyl (C=O) groups is 3. The van der Waals surface area contributed by atoms with Crippen LogP contribution in [-0.2, 0) is 9.59 Å². The predicted octanol–water partition coefficient (Wildman–Crippen LogP) is 4.89. The van der Waals surface area contributed by atoms with Crippen LogP contribution in [0.15, 0.2) is 48.5 Å². The monoisotopic (exact) mass is 404 g/mol. The third-order valence-electron chi connectivity index (χ3n) is 6.49. The lowest BCUT2D eigenvalue weighted by Gasteiger charge is -2.09. The van der Waals surface area contributed by atoms with Crippen LogP contribution in [0.4, 0.5) is 11.4 Å². The Kier molecular flexibility index (Phi) is 4.80. The largest absolute Gasteiger partial charge is 0.326 e. The Hall–Kier alpha value is -2.95. The number of anilines is 2. The molecule has 5 nitrogen and oxygen atoms in total. The second-order valence-corrected chi connectivity index (χ2v) is 9.95. The number of rotatable bonds is 6. The summed E-state index contributed by atoms with van der Waals surface area (Å²) in [5, 5.41) is 5.84. The number of benzene rings is 2. The molecule has 2 aromatic rings. The summed E-state index contributed by atoms with van der Waals surface area (Å²) in [5.74, 6) is 0.0857. The van der Waals surface area contributed by atoms with Gasteiger partial charge < -0.3 is 10.6 Å². The Labute approximate surface area is 177 Å². The van der Waals surface area contributed by atoms with Gasteiger partial charge in [-0.05, 0) is 72.2 Å². The quantitative estimate of drug-likeness (QED) is 0.673. The van der Waals surface area contributed by atoms with Gasteiger partial charge in [0.25, 0.3) is 0 Å². The van der Waals surface area contributed by atoms with Crippen LogP contribution in [-0.4, -0.2) is 17.6 Å². The van der Waals surface area contributed by atoms with Gasteiger partial charge in [-0.15, -0.1) is 0 Å². The zero-order valence-corrected chi connectivity index (χ0v) is 17.9. The van der Waals surface area contributed by atoms with E-state index in [1.807, 2.05) is 0 Å². The van der Waals surface area contributed by atoms with Crippen molar-refractivity contribution in [2.24, 2.45) is 22.7 Å². The molecule has 5 heteroatoms. The molecule has 0 radical (unpaired) electrons. The van der Waals surface area contributed by atoms with E-state index < -0.39 is 0 Å². The first-order valence-corrected chi connectivity index (χ1v) is 10.4. The molecule has 2 N–H and O–H groups in total. The zero-order chi connectivity index (χ0) is 21.7.